The van der Waals surface area contributed by atoms with E-state index in [1.165, 1.54) is 18.2 Å². The van der Waals surface area contributed by atoms with Gasteiger partial charge < -0.3 is 0 Å². The summed E-state index contributed by atoms with van der Waals surface area (Å²) in [5, 5.41) is 0. The third-order valence-electron chi connectivity index (χ3n) is 3.68. The summed E-state index contributed by atoms with van der Waals surface area (Å²) < 4.78 is 27.0. The summed E-state index contributed by atoms with van der Waals surface area (Å²) in [6, 6.07) is 3.64. The Morgan fingerprint density at radius 1 is 1.28 bits per heavy atom. The van der Waals surface area contributed by atoms with Crippen molar-refractivity contribution in [3.8, 4) is 0 Å². The first-order valence-electron chi connectivity index (χ1n) is 5.96. The molecular formula is C14H19F2NO. The normalized spacial score (nSPS) is 14.6. The van der Waals surface area contributed by atoms with E-state index < -0.39 is 17.2 Å². The highest BCUT2D eigenvalue weighted by atomic mass is 19.1. The van der Waals surface area contributed by atoms with Gasteiger partial charge in [-0.1, -0.05) is 13.0 Å². The Morgan fingerprint density at radius 3 is 2.17 bits per heavy atom. The van der Waals surface area contributed by atoms with Crippen LogP contribution in [-0.4, -0.2) is 30.3 Å². The molecule has 4 heteroatoms. The fourth-order valence-corrected chi connectivity index (χ4v) is 1.81. The minimum atomic E-state index is -0.700. The number of carbonyl (C=O) groups excluding carboxylic acids is 1. The molecule has 0 fully saturated rings. The molecule has 0 amide bonds. The summed E-state index contributed by atoms with van der Waals surface area (Å²) in [4.78, 5) is 14.0. The Balaban J connectivity index is 3.01. The Bertz CT molecular complexity index is 425. The van der Waals surface area contributed by atoms with Crippen LogP contribution < -0.4 is 0 Å². The molecule has 0 aliphatic rings. The van der Waals surface area contributed by atoms with Crippen LogP contribution in [0, 0.1) is 11.6 Å². The third-order valence-corrected chi connectivity index (χ3v) is 3.68. The molecule has 1 rings (SSSR count). The van der Waals surface area contributed by atoms with Crippen LogP contribution in [0.5, 0.6) is 0 Å². The molecular weight excluding hydrogens is 236 g/mol. The van der Waals surface area contributed by atoms with Crippen molar-refractivity contribution in [2.45, 2.75) is 32.2 Å². The van der Waals surface area contributed by atoms with Gasteiger partial charge in [-0.3, -0.25) is 9.69 Å². The Hall–Kier alpha value is -1.29. The molecule has 1 aromatic rings. The highest BCUT2D eigenvalue weighted by Gasteiger charge is 2.34. The molecule has 0 radical (unpaired) electrons. The number of halogens is 2. The number of rotatable bonds is 5. The molecule has 1 unspecified atom stereocenters. The minimum Gasteiger partial charge on any atom is -0.297 e. The summed E-state index contributed by atoms with van der Waals surface area (Å²) in [6.45, 7) is 3.67. The topological polar surface area (TPSA) is 20.3 Å². The van der Waals surface area contributed by atoms with Gasteiger partial charge in [-0.2, -0.15) is 0 Å². The average Bonchev–Trinajstić information content (AvgIpc) is 2.32. The maximum atomic E-state index is 13.5. The molecule has 1 atom stereocenters. The first-order chi connectivity index (χ1) is 8.32. The molecule has 2 nitrogen and oxygen atoms in total. The van der Waals surface area contributed by atoms with Gasteiger partial charge in [0.15, 0.2) is 5.78 Å². The number of Topliss-reactive ketones (excluding diaryl/α,β-unsaturated/α-hetero) is 1. The second-order valence-corrected chi connectivity index (χ2v) is 4.82. The van der Waals surface area contributed by atoms with Gasteiger partial charge in [0, 0.05) is 12.0 Å². The van der Waals surface area contributed by atoms with Crippen LogP contribution in [-0.2, 0) is 11.2 Å². The van der Waals surface area contributed by atoms with Crippen molar-refractivity contribution in [2.75, 3.05) is 14.1 Å². The van der Waals surface area contributed by atoms with Gasteiger partial charge in [-0.25, -0.2) is 8.78 Å². The van der Waals surface area contributed by atoms with Crippen molar-refractivity contribution >= 4 is 5.78 Å². The van der Waals surface area contributed by atoms with Gasteiger partial charge in [0.25, 0.3) is 0 Å². The molecule has 0 aromatic heterocycles. The van der Waals surface area contributed by atoms with Gasteiger partial charge in [-0.15, -0.1) is 0 Å². The van der Waals surface area contributed by atoms with Crippen LogP contribution in [0.3, 0.4) is 0 Å². The fourth-order valence-electron chi connectivity index (χ4n) is 1.81. The summed E-state index contributed by atoms with van der Waals surface area (Å²) in [5.41, 5.74) is -0.849. The lowest BCUT2D eigenvalue weighted by Gasteiger charge is -2.34. The van der Waals surface area contributed by atoms with Crippen LogP contribution in [0.2, 0.25) is 0 Å². The molecule has 0 spiro atoms. The molecule has 0 aliphatic carbocycles. The van der Waals surface area contributed by atoms with E-state index in [1.54, 1.807) is 25.9 Å². The third kappa shape index (κ3) is 2.75. The number of benzene rings is 1. The van der Waals surface area contributed by atoms with Crippen molar-refractivity contribution in [3.63, 3.8) is 0 Å². The van der Waals surface area contributed by atoms with Crippen molar-refractivity contribution < 1.29 is 13.6 Å². The van der Waals surface area contributed by atoms with Gasteiger partial charge in [0.1, 0.15) is 11.6 Å². The number of ketones is 1. The van der Waals surface area contributed by atoms with Gasteiger partial charge >= 0.3 is 0 Å². The monoisotopic (exact) mass is 255 g/mol. The molecule has 1 aromatic carbocycles. The van der Waals surface area contributed by atoms with Crippen molar-refractivity contribution in [2.24, 2.45) is 0 Å². The van der Waals surface area contributed by atoms with Crippen LogP contribution in [0.25, 0.3) is 0 Å². The summed E-state index contributed by atoms with van der Waals surface area (Å²) in [5.74, 6) is -1.51. The molecule has 18 heavy (non-hydrogen) atoms. The van der Waals surface area contributed by atoms with Crippen LogP contribution in [0.15, 0.2) is 18.2 Å². The summed E-state index contributed by atoms with van der Waals surface area (Å²) in [6.07, 6.45) is 0.371. The van der Waals surface area contributed by atoms with E-state index in [-0.39, 0.29) is 17.8 Å². The van der Waals surface area contributed by atoms with Gasteiger partial charge in [0.2, 0.25) is 0 Å². The predicted octanol–water partition coefficient (Wildman–Crippen LogP) is 2.81. The molecule has 0 N–H and O–H groups in total. The zero-order valence-corrected chi connectivity index (χ0v) is 11.3. The van der Waals surface area contributed by atoms with Gasteiger partial charge in [-0.05, 0) is 39.6 Å². The number of likely N-dealkylation sites (N-methyl/N-ethyl adjacent to an activating group) is 1. The second kappa shape index (κ2) is 5.57. The van der Waals surface area contributed by atoms with E-state index in [4.69, 9.17) is 0 Å². The average molecular weight is 255 g/mol. The first-order valence-corrected chi connectivity index (χ1v) is 5.96. The fraction of sp³-hybridized carbons (Fsp3) is 0.500. The van der Waals surface area contributed by atoms with Crippen molar-refractivity contribution in [1.29, 1.82) is 0 Å². The van der Waals surface area contributed by atoms with Crippen LogP contribution in [0.4, 0.5) is 8.78 Å². The van der Waals surface area contributed by atoms with Crippen molar-refractivity contribution in [1.82, 2.24) is 4.90 Å². The minimum absolute atomic E-state index is 0.149. The largest absolute Gasteiger partial charge is 0.297 e. The maximum absolute atomic E-state index is 13.5. The Labute approximate surface area is 107 Å². The SMILES string of the molecule is CCC(C)(C(=O)Cc1c(F)cccc1F)N(C)C. The number of hydrogen-bond acceptors (Lipinski definition) is 2. The summed E-state index contributed by atoms with van der Waals surface area (Å²) >= 11 is 0. The van der Waals surface area contributed by atoms with E-state index >= 15 is 0 Å². The maximum Gasteiger partial charge on any atom is 0.157 e. The highest BCUT2D eigenvalue weighted by molar-refractivity contribution is 5.89. The lowest BCUT2D eigenvalue weighted by atomic mass is 9.88. The van der Waals surface area contributed by atoms with Crippen LogP contribution in [0.1, 0.15) is 25.8 Å². The van der Waals surface area contributed by atoms with E-state index in [0.29, 0.717) is 6.42 Å². The summed E-state index contributed by atoms with van der Waals surface area (Å²) in [7, 11) is 3.58. The van der Waals surface area contributed by atoms with Crippen LogP contribution >= 0.6 is 0 Å². The van der Waals surface area contributed by atoms with E-state index in [0.717, 1.165) is 0 Å². The van der Waals surface area contributed by atoms with Gasteiger partial charge in [0.05, 0.1) is 5.54 Å². The van der Waals surface area contributed by atoms with E-state index in [2.05, 4.69) is 0 Å². The molecule has 0 saturated heterocycles. The lowest BCUT2D eigenvalue weighted by Crippen LogP contribution is -2.48. The molecule has 0 saturated carbocycles. The predicted molar refractivity (Wildman–Crippen MR) is 67.5 cm³/mol. The quantitative estimate of drug-likeness (QED) is 0.806. The lowest BCUT2D eigenvalue weighted by molar-refractivity contribution is -0.128. The molecule has 0 aliphatic heterocycles. The number of carbonyl (C=O) groups is 1. The zero-order chi connectivity index (χ0) is 13.9. The first kappa shape index (κ1) is 14.8. The Kier molecular flexibility index (Phi) is 4.57. The Morgan fingerprint density at radius 2 is 1.78 bits per heavy atom. The highest BCUT2D eigenvalue weighted by Crippen LogP contribution is 2.22. The number of nitrogens with zero attached hydrogens (tertiary/aromatic N) is 1. The smallest absolute Gasteiger partial charge is 0.157 e. The molecule has 0 bridgehead atoms. The second-order valence-electron chi connectivity index (χ2n) is 4.82. The standard InChI is InChI=1S/C14H19F2NO/c1-5-14(2,17(3)4)13(18)9-10-11(15)7-6-8-12(10)16/h6-8H,5,9H2,1-4H3. The number of hydrogen-bond donors (Lipinski definition) is 0. The molecule has 0 heterocycles. The molecule has 100 valence electrons. The van der Waals surface area contributed by atoms with E-state index in [1.807, 2.05) is 6.92 Å². The zero-order valence-electron chi connectivity index (χ0n) is 11.3. The van der Waals surface area contributed by atoms with E-state index in [9.17, 15) is 13.6 Å². The van der Waals surface area contributed by atoms with Crippen molar-refractivity contribution in [3.05, 3.63) is 35.4 Å².